The van der Waals surface area contributed by atoms with Crippen LogP contribution in [0.2, 0.25) is 0 Å². The molecule has 2 fully saturated rings. The number of rotatable bonds is 4. The molecule has 2 aliphatic heterocycles. The number of esters is 1. The number of carbonyl (C=O) groups is 1. The van der Waals surface area contributed by atoms with Gasteiger partial charge in [-0.2, -0.15) is 0 Å². The molecular formula is C12H21NO3. The number of nitrogens with zero attached hydrogens (tertiary/aromatic N) is 1. The summed E-state index contributed by atoms with van der Waals surface area (Å²) in [6.07, 6.45) is 3.39. The molecule has 0 amide bonds. The monoisotopic (exact) mass is 227 g/mol. The molecule has 2 rings (SSSR count). The number of carbonyl (C=O) groups excluding carboxylic acids is 1. The highest BCUT2D eigenvalue weighted by molar-refractivity contribution is 5.74. The zero-order chi connectivity index (χ0) is 11.7. The first-order chi connectivity index (χ1) is 7.56. The molecule has 2 heterocycles. The summed E-state index contributed by atoms with van der Waals surface area (Å²) in [4.78, 5) is 13.9. The molecule has 0 aliphatic carbocycles. The van der Waals surface area contributed by atoms with Gasteiger partial charge in [0.1, 0.15) is 6.10 Å². The van der Waals surface area contributed by atoms with Crippen LogP contribution in [-0.4, -0.2) is 49.8 Å². The van der Waals surface area contributed by atoms with Crippen LogP contribution >= 0.6 is 0 Å². The fraction of sp³-hybridized carbons (Fsp3) is 0.917. The summed E-state index contributed by atoms with van der Waals surface area (Å²) in [6, 6.07) is 0. The van der Waals surface area contributed by atoms with E-state index in [4.69, 9.17) is 9.47 Å². The molecule has 4 heteroatoms. The van der Waals surface area contributed by atoms with E-state index in [0.29, 0.717) is 6.10 Å². The number of likely N-dealkylation sites (N-methyl/N-ethyl adjacent to an activating group) is 1. The van der Waals surface area contributed by atoms with Crippen molar-refractivity contribution in [3.05, 3.63) is 0 Å². The predicted molar refractivity (Wildman–Crippen MR) is 60.1 cm³/mol. The summed E-state index contributed by atoms with van der Waals surface area (Å²) >= 11 is 0. The van der Waals surface area contributed by atoms with Crippen LogP contribution in [0, 0.1) is 5.92 Å². The SMILES string of the molecule is CC(CN(C)C)OC(=O)C1CC2CCC1O2. The van der Waals surface area contributed by atoms with Crippen molar-refractivity contribution >= 4 is 5.97 Å². The van der Waals surface area contributed by atoms with E-state index >= 15 is 0 Å². The Balaban J connectivity index is 1.80. The Morgan fingerprint density at radius 3 is 2.75 bits per heavy atom. The lowest BCUT2D eigenvalue weighted by Crippen LogP contribution is -2.33. The van der Waals surface area contributed by atoms with Crippen molar-refractivity contribution in [2.45, 2.75) is 44.5 Å². The van der Waals surface area contributed by atoms with Gasteiger partial charge in [0, 0.05) is 6.54 Å². The van der Waals surface area contributed by atoms with E-state index in [-0.39, 0.29) is 24.1 Å². The van der Waals surface area contributed by atoms with Gasteiger partial charge in [0.2, 0.25) is 0 Å². The fourth-order valence-electron chi connectivity index (χ4n) is 2.72. The summed E-state index contributed by atoms with van der Waals surface area (Å²) < 4.78 is 11.1. The van der Waals surface area contributed by atoms with Crippen molar-refractivity contribution in [3.8, 4) is 0 Å². The largest absolute Gasteiger partial charge is 0.461 e. The van der Waals surface area contributed by atoms with Crippen LogP contribution in [0.1, 0.15) is 26.2 Å². The highest BCUT2D eigenvalue weighted by Gasteiger charge is 2.45. The second kappa shape index (κ2) is 4.72. The van der Waals surface area contributed by atoms with Crippen LogP contribution < -0.4 is 0 Å². The molecule has 2 saturated heterocycles. The molecule has 4 atom stereocenters. The van der Waals surface area contributed by atoms with Gasteiger partial charge in [-0.1, -0.05) is 0 Å². The van der Waals surface area contributed by atoms with Gasteiger partial charge in [-0.25, -0.2) is 0 Å². The molecule has 0 aromatic carbocycles. The Bertz CT molecular complexity index is 267. The molecule has 0 spiro atoms. The second-order valence-electron chi connectivity index (χ2n) is 5.23. The number of hydrogen-bond acceptors (Lipinski definition) is 4. The van der Waals surface area contributed by atoms with Crippen molar-refractivity contribution in [2.24, 2.45) is 5.92 Å². The van der Waals surface area contributed by atoms with Crippen LogP contribution in [0.4, 0.5) is 0 Å². The third kappa shape index (κ3) is 2.55. The molecule has 0 N–H and O–H groups in total. The lowest BCUT2D eigenvalue weighted by Gasteiger charge is -2.22. The summed E-state index contributed by atoms with van der Waals surface area (Å²) in [5, 5.41) is 0. The Labute approximate surface area is 96.9 Å². The smallest absolute Gasteiger partial charge is 0.311 e. The van der Waals surface area contributed by atoms with Crippen molar-refractivity contribution in [1.82, 2.24) is 4.90 Å². The summed E-state index contributed by atoms with van der Waals surface area (Å²) in [7, 11) is 3.95. The van der Waals surface area contributed by atoms with Crippen LogP contribution in [0.3, 0.4) is 0 Å². The molecule has 4 unspecified atom stereocenters. The predicted octanol–water partition coefficient (Wildman–Crippen LogP) is 1.05. The normalized spacial score (nSPS) is 34.4. The number of ether oxygens (including phenoxy) is 2. The zero-order valence-corrected chi connectivity index (χ0v) is 10.3. The Hall–Kier alpha value is -0.610. The minimum atomic E-state index is -0.0680. The van der Waals surface area contributed by atoms with E-state index in [2.05, 4.69) is 0 Å². The molecule has 2 aliphatic rings. The lowest BCUT2D eigenvalue weighted by molar-refractivity contribution is -0.155. The molecule has 0 aromatic rings. The van der Waals surface area contributed by atoms with Crippen LogP contribution in [0.15, 0.2) is 0 Å². The van der Waals surface area contributed by atoms with E-state index in [1.807, 2.05) is 25.9 Å². The first-order valence-corrected chi connectivity index (χ1v) is 6.07. The van der Waals surface area contributed by atoms with Gasteiger partial charge in [-0.05, 0) is 40.3 Å². The summed E-state index contributed by atoms with van der Waals surface area (Å²) in [5.41, 5.74) is 0. The molecular weight excluding hydrogens is 206 g/mol. The highest BCUT2D eigenvalue weighted by atomic mass is 16.6. The number of hydrogen-bond donors (Lipinski definition) is 0. The Morgan fingerprint density at radius 2 is 2.25 bits per heavy atom. The summed E-state index contributed by atoms with van der Waals surface area (Å²) in [5.74, 6) is -0.0788. The van der Waals surface area contributed by atoms with Crippen molar-refractivity contribution < 1.29 is 14.3 Å². The third-order valence-electron chi connectivity index (χ3n) is 3.35. The average Bonchev–Trinajstić information content (AvgIpc) is 2.76. The van der Waals surface area contributed by atoms with E-state index in [1.165, 1.54) is 0 Å². The van der Waals surface area contributed by atoms with E-state index in [0.717, 1.165) is 25.8 Å². The first kappa shape index (κ1) is 11.9. The van der Waals surface area contributed by atoms with E-state index in [9.17, 15) is 4.79 Å². The van der Waals surface area contributed by atoms with Gasteiger partial charge in [0.15, 0.2) is 0 Å². The summed E-state index contributed by atoms with van der Waals surface area (Å²) in [6.45, 7) is 2.71. The van der Waals surface area contributed by atoms with Crippen molar-refractivity contribution in [1.29, 1.82) is 0 Å². The molecule has 16 heavy (non-hydrogen) atoms. The third-order valence-corrected chi connectivity index (χ3v) is 3.35. The van der Waals surface area contributed by atoms with Gasteiger partial charge in [-0.3, -0.25) is 4.79 Å². The quantitative estimate of drug-likeness (QED) is 0.673. The van der Waals surface area contributed by atoms with E-state index < -0.39 is 0 Å². The lowest BCUT2D eigenvalue weighted by atomic mass is 9.89. The maximum Gasteiger partial charge on any atom is 0.311 e. The van der Waals surface area contributed by atoms with Gasteiger partial charge in [0.05, 0.1) is 18.1 Å². The fourth-order valence-corrected chi connectivity index (χ4v) is 2.72. The minimum Gasteiger partial charge on any atom is -0.461 e. The molecule has 0 radical (unpaired) electrons. The molecule has 4 nitrogen and oxygen atoms in total. The number of fused-ring (bicyclic) bond motifs is 2. The second-order valence-corrected chi connectivity index (χ2v) is 5.23. The van der Waals surface area contributed by atoms with Crippen LogP contribution in [0.5, 0.6) is 0 Å². The van der Waals surface area contributed by atoms with Gasteiger partial charge in [0.25, 0.3) is 0 Å². The molecule has 0 saturated carbocycles. The maximum atomic E-state index is 11.9. The zero-order valence-electron chi connectivity index (χ0n) is 10.3. The van der Waals surface area contributed by atoms with Crippen molar-refractivity contribution in [2.75, 3.05) is 20.6 Å². The molecule has 92 valence electrons. The standard InChI is InChI=1S/C12H21NO3/c1-8(7-13(2)3)15-12(14)10-6-9-4-5-11(10)16-9/h8-11H,4-7H2,1-3H3. The van der Waals surface area contributed by atoms with Gasteiger partial charge in [-0.15, -0.1) is 0 Å². The molecule has 2 bridgehead atoms. The van der Waals surface area contributed by atoms with E-state index in [1.54, 1.807) is 0 Å². The average molecular weight is 227 g/mol. The minimum absolute atomic E-state index is 0.0108. The maximum absolute atomic E-state index is 11.9. The van der Waals surface area contributed by atoms with Crippen molar-refractivity contribution in [3.63, 3.8) is 0 Å². The molecule has 0 aromatic heterocycles. The Morgan fingerprint density at radius 1 is 1.50 bits per heavy atom. The van der Waals surface area contributed by atoms with Gasteiger partial charge < -0.3 is 14.4 Å². The van der Waals surface area contributed by atoms with Crippen LogP contribution in [-0.2, 0) is 14.3 Å². The highest BCUT2D eigenvalue weighted by Crippen LogP contribution is 2.39. The van der Waals surface area contributed by atoms with Gasteiger partial charge >= 0.3 is 5.97 Å². The van der Waals surface area contributed by atoms with Crippen LogP contribution in [0.25, 0.3) is 0 Å². The topological polar surface area (TPSA) is 38.8 Å². The Kier molecular flexibility index (Phi) is 3.50. The first-order valence-electron chi connectivity index (χ1n) is 6.07.